The Morgan fingerprint density at radius 3 is 1.34 bits per heavy atom. The molecule has 1 fully saturated rings. The number of anilines is 2. The summed E-state index contributed by atoms with van der Waals surface area (Å²) < 4.78 is 15.4. The monoisotopic (exact) mass is 1090 g/mol. The number of carbonyl (C=O) groups is 4. The fourth-order valence-corrected chi connectivity index (χ4v) is 9.36. The summed E-state index contributed by atoms with van der Waals surface area (Å²) in [6.45, 7) is 4.71. The first-order valence-electron chi connectivity index (χ1n) is 26.3. The number of carboxylic acid groups (broad SMARTS) is 1. The fourth-order valence-electron chi connectivity index (χ4n) is 9.36. The first kappa shape index (κ1) is 54.5. The zero-order chi connectivity index (χ0) is 57.0. The molecule has 0 saturated carbocycles. The van der Waals surface area contributed by atoms with Crippen molar-refractivity contribution >= 4 is 35.1 Å². The van der Waals surface area contributed by atoms with E-state index in [1.807, 2.05) is 105 Å². The molecule has 0 unspecified atom stereocenters. The minimum atomic E-state index is -1.13. The highest BCUT2D eigenvalue weighted by molar-refractivity contribution is 6.07. The van der Waals surface area contributed by atoms with Crippen molar-refractivity contribution in [1.82, 2.24) is 28.9 Å². The lowest BCUT2D eigenvalue weighted by Gasteiger charge is -2.31. The van der Waals surface area contributed by atoms with E-state index in [1.165, 1.54) is 6.07 Å². The first-order valence-corrected chi connectivity index (χ1v) is 26.3. The number of nitrogens with zero attached hydrogens (tertiary/aromatic N) is 10. The van der Waals surface area contributed by atoms with Gasteiger partial charge in [0.2, 0.25) is 5.76 Å². The van der Waals surface area contributed by atoms with Gasteiger partial charge >= 0.3 is 5.97 Å². The van der Waals surface area contributed by atoms with Gasteiger partial charge in [0.05, 0.1) is 60.4 Å². The van der Waals surface area contributed by atoms with Crippen molar-refractivity contribution in [3.05, 3.63) is 263 Å². The van der Waals surface area contributed by atoms with Gasteiger partial charge in [0, 0.05) is 85.3 Å². The van der Waals surface area contributed by atoms with Crippen LogP contribution in [0, 0.1) is 22.7 Å². The number of piperazine rings is 1. The molecule has 17 heteroatoms. The third-order valence-electron chi connectivity index (χ3n) is 14.0. The molecule has 5 heterocycles. The van der Waals surface area contributed by atoms with E-state index in [4.69, 9.17) is 24.5 Å². The summed E-state index contributed by atoms with van der Waals surface area (Å²) >= 11 is 0. The Morgan fingerprint density at radius 1 is 0.524 bits per heavy atom. The summed E-state index contributed by atoms with van der Waals surface area (Å²) in [7, 11) is 2.05. The largest absolute Gasteiger partial charge is 0.475 e. The molecule has 1 N–H and O–H groups in total. The van der Waals surface area contributed by atoms with Crippen LogP contribution in [0.3, 0.4) is 0 Å². The topological polar surface area (TPSA) is 211 Å². The molecule has 0 bridgehead atoms. The fraction of sp³-hybridized carbons (Fsp3) is 0.138. The van der Waals surface area contributed by atoms with Crippen LogP contribution in [0.25, 0.3) is 22.6 Å². The number of imidazole rings is 2. The molecule has 0 spiro atoms. The number of hydrogen-bond donors (Lipinski definition) is 1. The number of amides is 3. The Morgan fingerprint density at radius 2 is 0.939 bits per heavy atom. The molecule has 17 nitrogen and oxygen atoms in total. The second-order valence-corrected chi connectivity index (χ2v) is 19.5. The minimum absolute atomic E-state index is 0.0989. The van der Waals surface area contributed by atoms with Crippen molar-refractivity contribution in [2.75, 3.05) is 43.0 Å². The Bertz CT molecular complexity index is 3900. The molecule has 1 aliphatic heterocycles. The van der Waals surface area contributed by atoms with Crippen molar-refractivity contribution < 1.29 is 33.1 Å². The van der Waals surface area contributed by atoms with Crippen LogP contribution in [-0.2, 0) is 26.2 Å². The summed E-state index contributed by atoms with van der Waals surface area (Å²) in [5.41, 5.74) is 8.94. The number of rotatable bonds is 16. The Hall–Kier alpha value is -10.9. The SMILES string of the molecule is CN1CCN(C(=O)c2ccc(-c3ccc(N(Cc4cncn4Cc4ccc(C#N)cc4)C(=O)c4ccccc4)cc3)o2)CC1.N#Cc1ccc(Cn2cncc2CN(C(=O)c2ccccc2)c2ccc(-c3ccc(C(=O)O)o3)cc2)cc1. The van der Waals surface area contributed by atoms with Gasteiger partial charge in [-0.2, -0.15) is 10.5 Å². The zero-order valence-electron chi connectivity index (χ0n) is 44.7. The van der Waals surface area contributed by atoms with E-state index < -0.39 is 5.97 Å². The van der Waals surface area contributed by atoms with E-state index in [2.05, 4.69) is 34.1 Å². The lowest BCUT2D eigenvalue weighted by atomic mass is 10.1. The Kier molecular flexibility index (Phi) is 16.8. The predicted octanol–water partition coefficient (Wildman–Crippen LogP) is 10.9. The van der Waals surface area contributed by atoms with Crippen LogP contribution in [0.2, 0.25) is 0 Å². The molecule has 1 aliphatic rings. The number of furan rings is 2. The van der Waals surface area contributed by atoms with Crippen molar-refractivity contribution in [2.24, 2.45) is 0 Å². The van der Waals surface area contributed by atoms with Gasteiger partial charge in [-0.1, -0.05) is 60.7 Å². The molecule has 11 rings (SSSR count). The van der Waals surface area contributed by atoms with Gasteiger partial charge in [-0.05, 0) is 140 Å². The zero-order valence-corrected chi connectivity index (χ0v) is 44.7. The highest BCUT2D eigenvalue weighted by Gasteiger charge is 2.25. The van der Waals surface area contributed by atoms with Gasteiger partial charge in [-0.3, -0.25) is 14.4 Å². The molecular formula is C65H54N10O7. The molecule has 0 aliphatic carbocycles. The van der Waals surface area contributed by atoms with Crippen molar-refractivity contribution in [2.45, 2.75) is 26.2 Å². The van der Waals surface area contributed by atoms with E-state index >= 15 is 0 Å². The van der Waals surface area contributed by atoms with E-state index in [0.29, 0.717) is 89.2 Å². The molecule has 1 saturated heterocycles. The Labute approximate surface area is 473 Å². The summed E-state index contributed by atoms with van der Waals surface area (Å²) in [5.74, 6) is -0.335. The van der Waals surface area contributed by atoms with Crippen LogP contribution in [-0.4, -0.2) is 90.9 Å². The summed E-state index contributed by atoms with van der Waals surface area (Å²) in [6, 6.07) is 58.6. The van der Waals surface area contributed by atoms with Crippen LogP contribution >= 0.6 is 0 Å². The number of hydrogen-bond acceptors (Lipinski definition) is 11. The highest BCUT2D eigenvalue weighted by Crippen LogP contribution is 2.30. The van der Waals surface area contributed by atoms with Crippen LogP contribution < -0.4 is 9.80 Å². The second kappa shape index (κ2) is 25.3. The number of aromatic carboxylic acids is 1. The van der Waals surface area contributed by atoms with E-state index in [-0.39, 0.29) is 30.0 Å². The first-order chi connectivity index (χ1) is 40.0. The number of nitriles is 2. The summed E-state index contributed by atoms with van der Waals surface area (Å²) in [4.78, 5) is 67.7. The maximum Gasteiger partial charge on any atom is 0.371 e. The van der Waals surface area contributed by atoms with Gasteiger partial charge in [0.1, 0.15) is 11.5 Å². The standard InChI is InChI=1S/C35H32N6O3.C30H22N4O4/c1-38-17-19-39(20-18-38)35(43)33-16-15-32(44-33)28-11-13-30(14-12-28)41(34(42)29-5-3-2-4-6-29)24-31-22-37-25-40(31)23-27-9-7-26(21-36)8-10-27;31-16-21-6-8-22(9-7-21)18-33-20-32-17-26(33)19-34(29(35)24-4-2-1-3-5-24)25-12-10-23(11-13-25)27-14-15-28(38-27)30(36)37/h2-16,22,25H,17-20,23-24H2,1H3;1-15,17,20H,18-19H2,(H,36,37). The molecule has 0 radical (unpaired) electrons. The maximum atomic E-state index is 13.8. The number of carbonyl (C=O) groups excluding carboxylic acids is 3. The number of benzene rings is 6. The molecule has 6 aromatic carbocycles. The third kappa shape index (κ3) is 13.0. The van der Waals surface area contributed by atoms with E-state index in [9.17, 15) is 19.2 Å². The third-order valence-corrected chi connectivity index (χ3v) is 14.0. The Balaban J connectivity index is 0.000000186. The molecule has 3 amide bonds. The van der Waals surface area contributed by atoms with E-state index in [0.717, 1.165) is 41.2 Å². The molecular weight excluding hydrogens is 1030 g/mol. The summed E-state index contributed by atoms with van der Waals surface area (Å²) in [5, 5.41) is 27.3. The molecule has 406 valence electrons. The van der Waals surface area contributed by atoms with Crippen molar-refractivity contribution in [3.63, 3.8) is 0 Å². The van der Waals surface area contributed by atoms with Gasteiger partial charge in [-0.15, -0.1) is 0 Å². The summed E-state index contributed by atoms with van der Waals surface area (Å²) in [6.07, 6.45) is 6.98. The van der Waals surface area contributed by atoms with Gasteiger partial charge < -0.3 is 42.7 Å². The number of aromatic nitrogens is 4. The smallest absolute Gasteiger partial charge is 0.371 e. The van der Waals surface area contributed by atoms with Gasteiger partial charge in [-0.25, -0.2) is 14.8 Å². The lowest BCUT2D eigenvalue weighted by molar-refractivity contribution is 0.0631. The highest BCUT2D eigenvalue weighted by atomic mass is 16.4. The van der Waals surface area contributed by atoms with E-state index in [1.54, 1.807) is 120 Å². The molecule has 4 aromatic heterocycles. The number of likely N-dealkylation sites (N-methyl/N-ethyl adjacent to an activating group) is 1. The van der Waals surface area contributed by atoms with Crippen LogP contribution in [0.15, 0.2) is 216 Å². The van der Waals surface area contributed by atoms with Crippen LogP contribution in [0.4, 0.5) is 11.4 Å². The van der Waals surface area contributed by atoms with Gasteiger partial charge in [0.25, 0.3) is 17.7 Å². The molecule has 10 aromatic rings. The quantitative estimate of drug-likeness (QED) is 0.0958. The van der Waals surface area contributed by atoms with Crippen LogP contribution in [0.1, 0.15) is 75.5 Å². The van der Waals surface area contributed by atoms with Crippen molar-refractivity contribution in [3.8, 4) is 34.8 Å². The number of carboxylic acids is 1. The van der Waals surface area contributed by atoms with Crippen LogP contribution in [0.5, 0.6) is 0 Å². The normalized spacial score (nSPS) is 12.1. The average molecular weight is 1090 g/mol. The average Bonchev–Trinajstić information content (AvgIpc) is 4.53. The lowest BCUT2D eigenvalue weighted by Crippen LogP contribution is -2.47. The minimum Gasteiger partial charge on any atom is -0.475 e. The molecule has 82 heavy (non-hydrogen) atoms. The predicted molar refractivity (Wildman–Crippen MR) is 308 cm³/mol. The maximum absolute atomic E-state index is 13.8. The molecule has 0 atom stereocenters. The van der Waals surface area contributed by atoms with Crippen molar-refractivity contribution in [1.29, 1.82) is 10.5 Å². The van der Waals surface area contributed by atoms with Gasteiger partial charge in [0.15, 0.2) is 5.76 Å². The second-order valence-electron chi connectivity index (χ2n) is 19.5.